The topological polar surface area (TPSA) is 0 Å². The first-order chi connectivity index (χ1) is 6.93. The van der Waals surface area contributed by atoms with Gasteiger partial charge in [0.1, 0.15) is 0 Å². The van der Waals surface area contributed by atoms with Crippen molar-refractivity contribution in [1.29, 1.82) is 0 Å². The normalized spacial score (nSPS) is 12.1. The van der Waals surface area contributed by atoms with Crippen LogP contribution >= 0.6 is 16.5 Å². The first-order valence-corrected chi connectivity index (χ1v) is 8.04. The van der Waals surface area contributed by atoms with Gasteiger partial charge in [-0.2, -0.15) is 0 Å². The van der Waals surface area contributed by atoms with E-state index in [1.165, 1.54) is 45.4 Å². The van der Waals surface area contributed by atoms with Crippen LogP contribution in [0, 0.1) is 0 Å². The fraction of sp³-hybridized carbons (Fsp3) is 0.500. The van der Waals surface area contributed by atoms with Crippen molar-refractivity contribution in [1.82, 2.24) is 0 Å². The summed E-state index contributed by atoms with van der Waals surface area (Å²) in [7, 11) is 3.03. The molecule has 0 amide bonds. The van der Waals surface area contributed by atoms with Gasteiger partial charge in [-0.15, -0.1) is 0 Å². The van der Waals surface area contributed by atoms with Gasteiger partial charge in [0.05, 0.1) is 0 Å². The molecule has 1 aromatic rings. The predicted octanol–water partition coefficient (Wildman–Crippen LogP) is 4.70. The van der Waals surface area contributed by atoms with Crippen LogP contribution in [0.3, 0.4) is 0 Å². The average molecular weight is 224 g/mol. The highest BCUT2D eigenvalue weighted by molar-refractivity contribution is 8.15. The molecule has 76 valence electrons. The largest absolute Gasteiger partial charge is 0.0654 e. The fourth-order valence-electron chi connectivity index (χ4n) is 1.24. The first-order valence-electron chi connectivity index (χ1n) is 5.36. The second kappa shape index (κ2) is 8.39. The monoisotopic (exact) mass is 224 g/mol. The van der Waals surface area contributed by atoms with Crippen LogP contribution < -0.4 is 5.30 Å². The SMILES string of the molecule is CCCCCC[P][P]c1ccccc1. The van der Waals surface area contributed by atoms with Gasteiger partial charge in [0.15, 0.2) is 0 Å². The van der Waals surface area contributed by atoms with E-state index in [1.807, 2.05) is 0 Å². The molecule has 2 heteroatoms. The summed E-state index contributed by atoms with van der Waals surface area (Å²) in [5.41, 5.74) is 0. The second-order valence-electron chi connectivity index (χ2n) is 3.36. The van der Waals surface area contributed by atoms with E-state index < -0.39 is 0 Å². The smallest absolute Gasteiger partial charge is 0.0109 e. The van der Waals surface area contributed by atoms with Crippen LogP contribution in [-0.4, -0.2) is 6.16 Å². The quantitative estimate of drug-likeness (QED) is 0.465. The third-order valence-electron chi connectivity index (χ3n) is 2.05. The Hall–Kier alpha value is 0.0800. The molecule has 0 aromatic heterocycles. The van der Waals surface area contributed by atoms with Crippen molar-refractivity contribution in [3.05, 3.63) is 30.3 Å². The summed E-state index contributed by atoms with van der Waals surface area (Å²) in [5, 5.41) is 1.45. The lowest BCUT2D eigenvalue weighted by molar-refractivity contribution is 0.706. The third-order valence-corrected chi connectivity index (χ3v) is 4.96. The Morgan fingerprint density at radius 1 is 1.00 bits per heavy atom. The maximum absolute atomic E-state index is 2.26. The summed E-state index contributed by atoms with van der Waals surface area (Å²) < 4.78 is 0. The van der Waals surface area contributed by atoms with E-state index in [9.17, 15) is 0 Å². The summed E-state index contributed by atoms with van der Waals surface area (Å²) in [6, 6.07) is 10.7. The van der Waals surface area contributed by atoms with E-state index in [0.717, 1.165) is 0 Å². The van der Waals surface area contributed by atoms with E-state index in [-0.39, 0.29) is 0 Å². The lowest BCUT2D eigenvalue weighted by Gasteiger charge is -1.99. The Morgan fingerprint density at radius 3 is 2.50 bits per heavy atom. The number of hydrogen-bond donors (Lipinski definition) is 0. The Balaban J connectivity index is 1.99. The molecule has 0 nitrogen and oxygen atoms in total. The van der Waals surface area contributed by atoms with E-state index in [4.69, 9.17) is 0 Å². The Labute approximate surface area is 91.3 Å². The van der Waals surface area contributed by atoms with Crippen LogP contribution in [0.2, 0.25) is 0 Å². The molecule has 1 aromatic carbocycles. The van der Waals surface area contributed by atoms with Crippen LogP contribution in [0.1, 0.15) is 32.6 Å². The van der Waals surface area contributed by atoms with E-state index in [0.29, 0.717) is 0 Å². The standard InChI is InChI=1S/C12H18P2/c1-2-3-4-8-11-13-14-12-9-6-5-7-10-12/h5-7,9-10H,2-4,8,11H2,1H3. The number of hydrogen-bond acceptors (Lipinski definition) is 0. The second-order valence-corrected chi connectivity index (χ2v) is 6.26. The molecule has 14 heavy (non-hydrogen) atoms. The zero-order chi connectivity index (χ0) is 10.1. The number of rotatable bonds is 7. The zero-order valence-corrected chi connectivity index (χ0v) is 10.6. The minimum Gasteiger partial charge on any atom is -0.0654 e. The highest BCUT2D eigenvalue weighted by Gasteiger charge is 1.93. The van der Waals surface area contributed by atoms with Crippen molar-refractivity contribution < 1.29 is 0 Å². The average Bonchev–Trinajstić information content (AvgIpc) is 2.25. The lowest BCUT2D eigenvalue weighted by atomic mass is 10.2. The van der Waals surface area contributed by atoms with Crippen LogP contribution in [0.25, 0.3) is 0 Å². The maximum atomic E-state index is 2.26. The molecule has 1 rings (SSSR count). The summed E-state index contributed by atoms with van der Waals surface area (Å²) in [5.74, 6) is 0. The van der Waals surface area contributed by atoms with Gasteiger partial charge < -0.3 is 0 Å². The van der Waals surface area contributed by atoms with E-state index >= 15 is 0 Å². The summed E-state index contributed by atoms with van der Waals surface area (Å²) in [4.78, 5) is 0. The van der Waals surface area contributed by atoms with Crippen LogP contribution in [0.15, 0.2) is 30.3 Å². The van der Waals surface area contributed by atoms with E-state index in [2.05, 4.69) is 37.3 Å². The molecule has 2 radical (unpaired) electrons. The van der Waals surface area contributed by atoms with Gasteiger partial charge in [0.25, 0.3) is 0 Å². The molecular weight excluding hydrogens is 206 g/mol. The maximum Gasteiger partial charge on any atom is -0.0109 e. The third kappa shape index (κ3) is 5.74. The molecule has 0 aliphatic rings. The molecule has 0 unspecified atom stereocenters. The molecule has 0 N–H and O–H groups in total. The number of benzene rings is 1. The molecule has 0 atom stereocenters. The van der Waals surface area contributed by atoms with Crippen molar-refractivity contribution >= 4 is 21.8 Å². The van der Waals surface area contributed by atoms with Crippen molar-refractivity contribution in [2.75, 3.05) is 6.16 Å². The van der Waals surface area contributed by atoms with Crippen molar-refractivity contribution in [2.24, 2.45) is 0 Å². The predicted molar refractivity (Wildman–Crippen MR) is 68.9 cm³/mol. The molecule has 0 aliphatic heterocycles. The molecule has 0 aliphatic carbocycles. The lowest BCUT2D eigenvalue weighted by Crippen LogP contribution is -1.88. The van der Waals surface area contributed by atoms with Gasteiger partial charge in [-0.25, -0.2) is 0 Å². The molecule has 0 bridgehead atoms. The van der Waals surface area contributed by atoms with Gasteiger partial charge in [-0.3, -0.25) is 0 Å². The summed E-state index contributed by atoms with van der Waals surface area (Å²) in [6.07, 6.45) is 6.91. The highest BCUT2D eigenvalue weighted by atomic mass is 32.0. The highest BCUT2D eigenvalue weighted by Crippen LogP contribution is 2.36. The van der Waals surface area contributed by atoms with Gasteiger partial charge in [0, 0.05) is 0 Å². The Kier molecular flexibility index (Phi) is 7.28. The number of unbranched alkanes of at least 4 members (excludes halogenated alkanes) is 3. The molecule has 0 saturated heterocycles. The molecule has 0 spiro atoms. The molecule has 0 heterocycles. The van der Waals surface area contributed by atoms with Crippen LogP contribution in [-0.2, 0) is 0 Å². The molecular formula is C12H18P2. The van der Waals surface area contributed by atoms with Crippen LogP contribution in [0.5, 0.6) is 0 Å². The molecule has 0 saturated carbocycles. The zero-order valence-electron chi connectivity index (χ0n) is 8.82. The summed E-state index contributed by atoms with van der Waals surface area (Å²) in [6.45, 7) is 2.26. The van der Waals surface area contributed by atoms with Crippen molar-refractivity contribution in [3.8, 4) is 0 Å². The van der Waals surface area contributed by atoms with Crippen molar-refractivity contribution in [3.63, 3.8) is 0 Å². The van der Waals surface area contributed by atoms with Crippen molar-refractivity contribution in [2.45, 2.75) is 32.6 Å². The van der Waals surface area contributed by atoms with Gasteiger partial charge in [-0.05, 0) is 34.4 Å². The minimum absolute atomic E-state index is 1.34. The first kappa shape index (κ1) is 12.2. The summed E-state index contributed by atoms with van der Waals surface area (Å²) >= 11 is 0. The Bertz CT molecular complexity index is 221. The minimum atomic E-state index is 1.34. The fourth-order valence-corrected chi connectivity index (χ4v) is 3.78. The molecule has 0 fully saturated rings. The van der Waals surface area contributed by atoms with Gasteiger partial charge in [-0.1, -0.05) is 56.5 Å². The van der Waals surface area contributed by atoms with Gasteiger partial charge in [0.2, 0.25) is 0 Å². The van der Waals surface area contributed by atoms with Crippen LogP contribution in [0.4, 0.5) is 0 Å². The van der Waals surface area contributed by atoms with Gasteiger partial charge >= 0.3 is 0 Å². The van der Waals surface area contributed by atoms with E-state index in [1.54, 1.807) is 8.27 Å². The Morgan fingerprint density at radius 2 is 1.79 bits per heavy atom.